The van der Waals surface area contributed by atoms with Crippen molar-refractivity contribution in [3.8, 4) is 5.69 Å². The first-order chi connectivity index (χ1) is 18.4. The number of carbonyl (C=O) groups is 2. The maximum atomic E-state index is 12.9. The molecule has 0 atom stereocenters. The number of aryl methyl sites for hydroxylation is 1. The summed E-state index contributed by atoms with van der Waals surface area (Å²) in [5.74, 6) is -0.171. The Balaban J connectivity index is 1.16. The Morgan fingerprint density at radius 2 is 1.42 bits per heavy atom. The highest BCUT2D eigenvalue weighted by molar-refractivity contribution is 6.05. The van der Waals surface area contributed by atoms with Gasteiger partial charge >= 0.3 is 0 Å². The molecule has 0 spiro atoms. The summed E-state index contributed by atoms with van der Waals surface area (Å²) in [6.45, 7) is 3.70. The molecule has 4 aromatic rings. The van der Waals surface area contributed by atoms with Crippen LogP contribution in [-0.2, 0) is 0 Å². The van der Waals surface area contributed by atoms with Gasteiger partial charge in [0.05, 0.1) is 11.6 Å². The van der Waals surface area contributed by atoms with E-state index in [4.69, 9.17) is 0 Å². The molecule has 38 heavy (non-hydrogen) atoms. The Kier molecular flexibility index (Phi) is 6.37. The normalized spacial score (nSPS) is 16.0. The highest BCUT2D eigenvalue weighted by Crippen LogP contribution is 2.28. The number of nitrogens with one attached hydrogen (secondary N) is 2. The van der Waals surface area contributed by atoms with Gasteiger partial charge in [0.1, 0.15) is 0 Å². The van der Waals surface area contributed by atoms with Gasteiger partial charge in [-0.1, -0.05) is 0 Å². The number of aliphatic hydroxyl groups excluding tert-OH is 1. The number of nitrogens with zero attached hydrogens (tertiary/aromatic N) is 2. The van der Waals surface area contributed by atoms with Crippen LogP contribution in [0, 0.1) is 6.92 Å². The van der Waals surface area contributed by atoms with Crippen molar-refractivity contribution in [1.29, 1.82) is 0 Å². The summed E-state index contributed by atoms with van der Waals surface area (Å²) in [6, 6.07) is 23.7. The van der Waals surface area contributed by atoms with Crippen molar-refractivity contribution >= 4 is 34.1 Å². The van der Waals surface area contributed by atoms with E-state index in [0.717, 1.165) is 72.4 Å². The molecule has 3 N–H and O–H groups in total. The number of rotatable bonds is 6. The van der Waals surface area contributed by atoms with Crippen molar-refractivity contribution in [3.05, 3.63) is 89.6 Å². The molecule has 2 fully saturated rings. The second-order valence-electron chi connectivity index (χ2n) is 10.4. The summed E-state index contributed by atoms with van der Waals surface area (Å²) < 4.78 is 2.15. The summed E-state index contributed by atoms with van der Waals surface area (Å²) in [6.07, 6.45) is 3.47. The number of benzene rings is 3. The van der Waals surface area contributed by atoms with E-state index in [1.54, 1.807) is 0 Å². The van der Waals surface area contributed by atoms with Crippen molar-refractivity contribution in [3.63, 3.8) is 0 Å². The Bertz CT molecular complexity index is 1480. The molecule has 1 aliphatic heterocycles. The van der Waals surface area contributed by atoms with Crippen LogP contribution in [0.5, 0.6) is 0 Å². The number of fused-ring (bicyclic) bond motifs is 1. The van der Waals surface area contributed by atoms with E-state index in [2.05, 4.69) is 33.1 Å². The Hall–Kier alpha value is -4.10. The van der Waals surface area contributed by atoms with E-state index in [0.29, 0.717) is 17.2 Å². The van der Waals surface area contributed by atoms with Crippen molar-refractivity contribution in [2.75, 3.05) is 23.3 Å². The van der Waals surface area contributed by atoms with Gasteiger partial charge < -0.3 is 25.2 Å². The molecule has 6 rings (SSSR count). The van der Waals surface area contributed by atoms with Gasteiger partial charge in [-0.2, -0.15) is 0 Å². The molecule has 0 unspecified atom stereocenters. The largest absolute Gasteiger partial charge is 0.393 e. The van der Waals surface area contributed by atoms with E-state index in [9.17, 15) is 14.7 Å². The van der Waals surface area contributed by atoms with Crippen LogP contribution >= 0.6 is 0 Å². The zero-order chi connectivity index (χ0) is 26.2. The topological polar surface area (TPSA) is 86.6 Å². The molecule has 2 amide bonds. The molecule has 0 radical (unpaired) electrons. The van der Waals surface area contributed by atoms with Gasteiger partial charge in [-0.15, -0.1) is 0 Å². The molecule has 7 heteroatoms. The van der Waals surface area contributed by atoms with Gasteiger partial charge in [-0.3, -0.25) is 9.59 Å². The Morgan fingerprint density at radius 1 is 0.789 bits per heavy atom. The molecule has 1 aromatic heterocycles. The van der Waals surface area contributed by atoms with E-state index in [-0.39, 0.29) is 17.9 Å². The molecule has 194 valence electrons. The first-order valence-electron chi connectivity index (χ1n) is 13.3. The highest BCUT2D eigenvalue weighted by atomic mass is 16.3. The van der Waals surface area contributed by atoms with E-state index >= 15 is 0 Å². The standard InChI is InChI=1S/C31H32N4O3/c1-20-18-23-19-25(33-31(38)21-2-9-26(10-3-21)34-16-14-28(36)15-17-34)8-13-29(23)35(20)27-11-4-22(5-12-27)30(37)32-24-6-7-24/h2-5,8-13,18-19,24,28,36H,6-7,14-17H2,1H3,(H,32,37)(H,33,38). The van der Waals surface area contributed by atoms with Gasteiger partial charge in [-0.25, -0.2) is 0 Å². The van der Waals surface area contributed by atoms with E-state index < -0.39 is 0 Å². The van der Waals surface area contributed by atoms with Gasteiger partial charge in [-0.05, 0) is 105 Å². The van der Waals surface area contributed by atoms with Crippen LogP contribution in [0.15, 0.2) is 72.8 Å². The molecule has 2 heterocycles. The van der Waals surface area contributed by atoms with Crippen molar-refractivity contribution < 1.29 is 14.7 Å². The zero-order valence-corrected chi connectivity index (χ0v) is 21.5. The molecule has 0 bridgehead atoms. The number of piperidine rings is 1. The van der Waals surface area contributed by atoms with Crippen LogP contribution in [0.4, 0.5) is 11.4 Å². The summed E-state index contributed by atoms with van der Waals surface area (Å²) in [4.78, 5) is 27.5. The summed E-state index contributed by atoms with van der Waals surface area (Å²) in [5, 5.41) is 16.8. The Morgan fingerprint density at radius 3 is 2.08 bits per heavy atom. The number of hydrogen-bond donors (Lipinski definition) is 3. The maximum absolute atomic E-state index is 12.9. The van der Waals surface area contributed by atoms with Gasteiger partial charge in [0.2, 0.25) is 0 Å². The average molecular weight is 509 g/mol. The van der Waals surface area contributed by atoms with Crippen LogP contribution in [0.25, 0.3) is 16.6 Å². The molecule has 3 aromatic carbocycles. The third kappa shape index (κ3) is 5.02. The third-order valence-electron chi connectivity index (χ3n) is 7.50. The number of carbonyl (C=O) groups excluding carboxylic acids is 2. The van der Waals surface area contributed by atoms with Crippen LogP contribution in [0.1, 0.15) is 52.1 Å². The van der Waals surface area contributed by atoms with Crippen LogP contribution in [0.3, 0.4) is 0 Å². The van der Waals surface area contributed by atoms with Crippen molar-refractivity contribution in [1.82, 2.24) is 9.88 Å². The lowest BCUT2D eigenvalue weighted by Crippen LogP contribution is -2.35. The lowest BCUT2D eigenvalue weighted by atomic mass is 10.1. The first kappa shape index (κ1) is 24.2. The van der Waals surface area contributed by atoms with Crippen molar-refractivity contribution in [2.24, 2.45) is 0 Å². The minimum atomic E-state index is -0.209. The van der Waals surface area contributed by atoms with Crippen molar-refractivity contribution in [2.45, 2.75) is 44.8 Å². The lowest BCUT2D eigenvalue weighted by molar-refractivity contribution is 0.0950. The molecule has 2 aliphatic rings. The van der Waals surface area contributed by atoms with Gasteiger partial charge in [0.15, 0.2) is 0 Å². The number of anilines is 2. The predicted molar refractivity (Wildman–Crippen MR) is 150 cm³/mol. The summed E-state index contributed by atoms with van der Waals surface area (Å²) in [7, 11) is 0. The first-order valence-corrected chi connectivity index (χ1v) is 13.3. The van der Waals surface area contributed by atoms with Crippen LogP contribution < -0.4 is 15.5 Å². The molecule has 1 aliphatic carbocycles. The Labute approximate surface area is 222 Å². The SMILES string of the molecule is Cc1cc2cc(NC(=O)c3ccc(N4CCC(O)CC4)cc3)ccc2n1-c1ccc(C(=O)NC2CC2)cc1. The second-order valence-corrected chi connectivity index (χ2v) is 10.4. The lowest BCUT2D eigenvalue weighted by Gasteiger charge is -2.31. The van der Waals surface area contributed by atoms with Gasteiger partial charge in [0.25, 0.3) is 11.8 Å². The summed E-state index contributed by atoms with van der Waals surface area (Å²) in [5.41, 5.74) is 6.17. The minimum Gasteiger partial charge on any atom is -0.393 e. The van der Waals surface area contributed by atoms with E-state index in [1.807, 2.05) is 66.7 Å². The molecule has 7 nitrogen and oxygen atoms in total. The molecular formula is C31H32N4O3. The number of hydrogen-bond acceptors (Lipinski definition) is 4. The summed E-state index contributed by atoms with van der Waals surface area (Å²) >= 11 is 0. The smallest absolute Gasteiger partial charge is 0.255 e. The quantitative estimate of drug-likeness (QED) is 0.340. The number of aliphatic hydroxyl groups is 1. The fraction of sp³-hybridized carbons (Fsp3) is 0.290. The highest BCUT2D eigenvalue weighted by Gasteiger charge is 2.24. The molecular weight excluding hydrogens is 476 g/mol. The molecule has 1 saturated carbocycles. The van der Waals surface area contributed by atoms with Crippen LogP contribution in [-0.4, -0.2) is 46.7 Å². The predicted octanol–water partition coefficient (Wildman–Crippen LogP) is 5.04. The third-order valence-corrected chi connectivity index (χ3v) is 7.50. The minimum absolute atomic E-state index is 0.0190. The number of aromatic nitrogens is 1. The molecule has 1 saturated heterocycles. The van der Waals surface area contributed by atoms with Crippen LogP contribution in [0.2, 0.25) is 0 Å². The fourth-order valence-corrected chi connectivity index (χ4v) is 5.18. The average Bonchev–Trinajstić information content (AvgIpc) is 3.68. The maximum Gasteiger partial charge on any atom is 0.255 e. The van der Waals surface area contributed by atoms with Gasteiger partial charge in [0, 0.05) is 58.4 Å². The zero-order valence-electron chi connectivity index (χ0n) is 21.5. The second kappa shape index (κ2) is 9.99. The van der Waals surface area contributed by atoms with E-state index in [1.165, 1.54) is 0 Å². The fourth-order valence-electron chi connectivity index (χ4n) is 5.18. The monoisotopic (exact) mass is 508 g/mol. The number of amides is 2.